The summed E-state index contributed by atoms with van der Waals surface area (Å²) in [5.74, 6) is 0.0766. The fourth-order valence-corrected chi connectivity index (χ4v) is 1.68. The van der Waals surface area contributed by atoms with Gasteiger partial charge in [-0.1, -0.05) is 35.4 Å². The Bertz CT molecular complexity index is 539. The maximum absolute atomic E-state index is 10.8. The summed E-state index contributed by atoms with van der Waals surface area (Å²) in [5, 5.41) is 9.95. The number of rotatable bonds is 5. The Hall–Kier alpha value is -2.21. The van der Waals surface area contributed by atoms with Crippen molar-refractivity contribution in [3.05, 3.63) is 41.8 Å². The van der Waals surface area contributed by atoms with Gasteiger partial charge in [0, 0.05) is 6.92 Å². The lowest BCUT2D eigenvalue weighted by Crippen LogP contribution is -2.11. The van der Waals surface area contributed by atoms with Gasteiger partial charge >= 0.3 is 6.01 Å². The van der Waals surface area contributed by atoms with Gasteiger partial charge in [0.1, 0.15) is 0 Å². The maximum Gasteiger partial charge on any atom is 0.322 e. The lowest BCUT2D eigenvalue weighted by Gasteiger charge is -2.06. The summed E-state index contributed by atoms with van der Waals surface area (Å²) in [4.78, 5) is 10.8. The van der Waals surface area contributed by atoms with E-state index in [4.69, 9.17) is 10.2 Å². The van der Waals surface area contributed by atoms with Crippen molar-refractivity contribution < 1.29 is 9.21 Å². The highest BCUT2D eigenvalue weighted by Gasteiger charge is 2.14. The number of hydrogen-bond acceptors (Lipinski definition) is 5. The molecule has 6 heteroatoms. The first kappa shape index (κ1) is 13.2. The second-order valence-electron chi connectivity index (χ2n) is 4.26. The molecule has 100 valence electrons. The largest absolute Gasteiger partial charge is 0.406 e. The zero-order valence-corrected chi connectivity index (χ0v) is 10.7. The molecule has 1 atom stereocenters. The number of carbonyl (C=O) groups is 1. The average molecular weight is 260 g/mol. The molecule has 0 aliphatic carbocycles. The molecule has 1 aromatic carbocycles. The summed E-state index contributed by atoms with van der Waals surface area (Å²) < 4.78 is 5.27. The van der Waals surface area contributed by atoms with Crippen molar-refractivity contribution in [3.63, 3.8) is 0 Å². The van der Waals surface area contributed by atoms with E-state index in [1.165, 1.54) is 12.5 Å². The van der Waals surface area contributed by atoms with Gasteiger partial charge in [0.2, 0.25) is 11.8 Å². The zero-order chi connectivity index (χ0) is 13.7. The van der Waals surface area contributed by atoms with Crippen molar-refractivity contribution in [2.75, 3.05) is 5.32 Å². The van der Waals surface area contributed by atoms with Gasteiger partial charge in [-0.25, -0.2) is 0 Å². The van der Waals surface area contributed by atoms with Crippen LogP contribution in [-0.2, 0) is 11.2 Å². The van der Waals surface area contributed by atoms with Gasteiger partial charge in [0.05, 0.1) is 6.04 Å². The first-order valence-corrected chi connectivity index (χ1v) is 6.05. The smallest absolute Gasteiger partial charge is 0.322 e. The molecular weight excluding hydrogens is 244 g/mol. The third kappa shape index (κ3) is 3.89. The monoisotopic (exact) mass is 260 g/mol. The Labute approximate surface area is 111 Å². The summed E-state index contributed by atoms with van der Waals surface area (Å²) >= 11 is 0. The normalized spacial score (nSPS) is 12.1. The van der Waals surface area contributed by atoms with Gasteiger partial charge in [-0.15, -0.1) is 5.10 Å². The number of aryl methyl sites for hydroxylation is 1. The minimum Gasteiger partial charge on any atom is -0.406 e. The number of benzene rings is 1. The number of aromatic nitrogens is 2. The van der Waals surface area contributed by atoms with Crippen LogP contribution < -0.4 is 11.1 Å². The fourth-order valence-electron chi connectivity index (χ4n) is 1.68. The van der Waals surface area contributed by atoms with Crippen LogP contribution in [0, 0.1) is 0 Å². The first-order valence-electron chi connectivity index (χ1n) is 6.05. The summed E-state index contributed by atoms with van der Waals surface area (Å²) in [6, 6.07) is 9.78. The quantitative estimate of drug-likeness (QED) is 0.852. The minimum atomic E-state index is -0.338. The van der Waals surface area contributed by atoms with Crippen LogP contribution in [0.5, 0.6) is 0 Å². The van der Waals surface area contributed by atoms with Crippen LogP contribution in [0.15, 0.2) is 34.7 Å². The molecule has 0 spiro atoms. The van der Waals surface area contributed by atoms with E-state index in [0.717, 1.165) is 6.42 Å². The van der Waals surface area contributed by atoms with Gasteiger partial charge in [-0.05, 0) is 18.4 Å². The molecule has 1 unspecified atom stereocenters. The summed E-state index contributed by atoms with van der Waals surface area (Å²) in [7, 11) is 0. The standard InChI is InChI=1S/C13H16N4O2/c1-9(18)15-13-17-16-12(19-13)11(14)8-7-10-5-3-2-4-6-10/h2-6,11H,7-8,14H2,1H3,(H,15,17,18). The van der Waals surface area contributed by atoms with Crippen molar-refractivity contribution in [1.82, 2.24) is 10.2 Å². The highest BCUT2D eigenvalue weighted by atomic mass is 16.4. The van der Waals surface area contributed by atoms with Gasteiger partial charge in [-0.2, -0.15) is 0 Å². The number of amides is 1. The topological polar surface area (TPSA) is 94.0 Å². The van der Waals surface area contributed by atoms with Crippen molar-refractivity contribution in [1.29, 1.82) is 0 Å². The van der Waals surface area contributed by atoms with Gasteiger partial charge in [0.15, 0.2) is 0 Å². The number of carbonyl (C=O) groups excluding carboxylic acids is 1. The van der Waals surface area contributed by atoms with Crippen LogP contribution in [0.3, 0.4) is 0 Å². The lowest BCUT2D eigenvalue weighted by atomic mass is 10.1. The highest BCUT2D eigenvalue weighted by Crippen LogP contribution is 2.17. The highest BCUT2D eigenvalue weighted by molar-refractivity contribution is 5.86. The van der Waals surface area contributed by atoms with E-state index in [1.807, 2.05) is 30.3 Å². The predicted octanol–water partition coefficient (Wildman–Crippen LogP) is 1.66. The van der Waals surface area contributed by atoms with Crippen molar-refractivity contribution in [3.8, 4) is 0 Å². The molecule has 0 aliphatic heterocycles. The molecule has 0 aliphatic rings. The second kappa shape index (κ2) is 6.10. The van der Waals surface area contributed by atoms with E-state index < -0.39 is 0 Å². The number of anilines is 1. The third-order valence-corrected chi connectivity index (χ3v) is 2.63. The molecule has 6 nitrogen and oxygen atoms in total. The van der Waals surface area contributed by atoms with Crippen molar-refractivity contribution in [2.45, 2.75) is 25.8 Å². The van der Waals surface area contributed by atoms with Crippen LogP contribution in [0.1, 0.15) is 30.8 Å². The molecule has 3 N–H and O–H groups in total. The second-order valence-corrected chi connectivity index (χ2v) is 4.26. The molecule has 2 rings (SSSR count). The zero-order valence-electron chi connectivity index (χ0n) is 10.7. The Morgan fingerprint density at radius 1 is 1.37 bits per heavy atom. The fraction of sp³-hybridized carbons (Fsp3) is 0.308. The van der Waals surface area contributed by atoms with Crippen LogP contribution in [0.25, 0.3) is 0 Å². The predicted molar refractivity (Wildman–Crippen MR) is 70.3 cm³/mol. The Morgan fingerprint density at radius 2 is 2.11 bits per heavy atom. The van der Waals surface area contributed by atoms with Crippen molar-refractivity contribution >= 4 is 11.9 Å². The van der Waals surface area contributed by atoms with Crippen LogP contribution >= 0.6 is 0 Å². The molecule has 19 heavy (non-hydrogen) atoms. The van der Waals surface area contributed by atoms with Crippen LogP contribution in [0.2, 0.25) is 0 Å². The lowest BCUT2D eigenvalue weighted by molar-refractivity contribution is -0.114. The van der Waals surface area contributed by atoms with Gasteiger partial charge in [0.25, 0.3) is 0 Å². The first-order chi connectivity index (χ1) is 9.15. The Morgan fingerprint density at radius 3 is 2.79 bits per heavy atom. The molecule has 1 heterocycles. The SMILES string of the molecule is CC(=O)Nc1nnc(C(N)CCc2ccccc2)o1. The average Bonchev–Trinajstić information content (AvgIpc) is 2.85. The third-order valence-electron chi connectivity index (χ3n) is 2.63. The van der Waals surface area contributed by atoms with Gasteiger partial charge < -0.3 is 10.2 Å². The van der Waals surface area contributed by atoms with E-state index in [1.54, 1.807) is 0 Å². The molecular formula is C13H16N4O2. The van der Waals surface area contributed by atoms with E-state index in [0.29, 0.717) is 12.3 Å². The molecule has 1 amide bonds. The van der Waals surface area contributed by atoms with Crippen LogP contribution in [-0.4, -0.2) is 16.1 Å². The minimum absolute atomic E-state index is 0.0812. The van der Waals surface area contributed by atoms with Crippen LogP contribution in [0.4, 0.5) is 6.01 Å². The van der Waals surface area contributed by atoms with E-state index in [-0.39, 0.29) is 18.0 Å². The summed E-state index contributed by atoms with van der Waals surface area (Å²) in [6.45, 7) is 1.37. The number of hydrogen-bond donors (Lipinski definition) is 2. The Balaban J connectivity index is 1.91. The summed E-state index contributed by atoms with van der Waals surface area (Å²) in [6.07, 6.45) is 1.53. The molecule has 0 saturated carbocycles. The molecule has 0 fully saturated rings. The van der Waals surface area contributed by atoms with E-state index >= 15 is 0 Å². The Kier molecular flexibility index (Phi) is 4.25. The summed E-state index contributed by atoms with van der Waals surface area (Å²) in [5.41, 5.74) is 7.19. The molecule has 0 saturated heterocycles. The molecule has 0 bridgehead atoms. The molecule has 0 radical (unpaired) electrons. The van der Waals surface area contributed by atoms with Crippen molar-refractivity contribution in [2.24, 2.45) is 5.73 Å². The number of nitrogens with one attached hydrogen (secondary N) is 1. The maximum atomic E-state index is 10.8. The van der Waals surface area contributed by atoms with Gasteiger partial charge in [-0.3, -0.25) is 10.1 Å². The number of nitrogens with two attached hydrogens (primary N) is 1. The molecule has 1 aromatic heterocycles. The van der Waals surface area contributed by atoms with E-state index in [2.05, 4.69) is 15.5 Å². The number of nitrogens with zero attached hydrogens (tertiary/aromatic N) is 2. The molecule has 2 aromatic rings. The van der Waals surface area contributed by atoms with E-state index in [9.17, 15) is 4.79 Å².